The normalized spacial score (nSPS) is 11.0. The molecule has 6 heteroatoms. The molecule has 2 heterocycles. The van der Waals surface area contributed by atoms with Gasteiger partial charge in [0.05, 0.1) is 23.4 Å². The maximum Gasteiger partial charge on any atom is 0.104 e. The molecule has 0 unspecified atom stereocenters. The fourth-order valence-electron chi connectivity index (χ4n) is 1.55. The van der Waals surface area contributed by atoms with Crippen molar-refractivity contribution >= 4 is 11.8 Å². The Kier molecular flexibility index (Phi) is 3.02. The van der Waals surface area contributed by atoms with Crippen LogP contribution in [0.15, 0.2) is 22.3 Å². The highest BCUT2D eigenvalue weighted by atomic mass is 32.2. The predicted octanol–water partition coefficient (Wildman–Crippen LogP) is 1.11. The molecule has 0 aromatic carbocycles. The Labute approximate surface area is 98.1 Å². The summed E-state index contributed by atoms with van der Waals surface area (Å²) in [6, 6.07) is 0. The lowest BCUT2D eigenvalue weighted by molar-refractivity contribution is 0.277. The van der Waals surface area contributed by atoms with Gasteiger partial charge >= 0.3 is 0 Å². The summed E-state index contributed by atoms with van der Waals surface area (Å²) in [5, 5.41) is 18.7. The van der Waals surface area contributed by atoms with Gasteiger partial charge in [0.2, 0.25) is 0 Å². The second kappa shape index (κ2) is 4.31. The number of nitrogens with zero attached hydrogens (tertiary/aromatic N) is 4. The molecule has 86 valence electrons. The SMILES string of the molecule is Cc1nn(C)c(Sc2cnn(C)c2)c1CO. The number of hydrogen-bond acceptors (Lipinski definition) is 4. The summed E-state index contributed by atoms with van der Waals surface area (Å²) < 4.78 is 3.54. The van der Waals surface area contributed by atoms with Crippen molar-refractivity contribution in [2.75, 3.05) is 0 Å². The molecule has 2 rings (SSSR count). The second-order valence-corrected chi connectivity index (χ2v) is 4.66. The first-order valence-corrected chi connectivity index (χ1v) is 5.73. The zero-order valence-corrected chi connectivity index (χ0v) is 10.3. The first-order chi connectivity index (χ1) is 7.61. The van der Waals surface area contributed by atoms with Crippen molar-refractivity contribution in [1.29, 1.82) is 0 Å². The summed E-state index contributed by atoms with van der Waals surface area (Å²) in [6.45, 7) is 1.92. The van der Waals surface area contributed by atoms with E-state index in [-0.39, 0.29) is 6.61 Å². The van der Waals surface area contributed by atoms with Crippen LogP contribution >= 0.6 is 11.8 Å². The van der Waals surface area contributed by atoms with Gasteiger partial charge < -0.3 is 5.11 Å². The van der Waals surface area contributed by atoms with E-state index in [0.717, 1.165) is 21.2 Å². The van der Waals surface area contributed by atoms with Crippen LogP contribution in [0, 0.1) is 6.92 Å². The van der Waals surface area contributed by atoms with Crippen LogP contribution in [-0.4, -0.2) is 24.7 Å². The number of aliphatic hydroxyl groups excluding tert-OH is 1. The first kappa shape index (κ1) is 11.2. The molecule has 0 bridgehead atoms. The lowest BCUT2D eigenvalue weighted by atomic mass is 10.3. The van der Waals surface area contributed by atoms with Crippen molar-refractivity contribution in [3.63, 3.8) is 0 Å². The average molecular weight is 238 g/mol. The summed E-state index contributed by atoms with van der Waals surface area (Å²) in [4.78, 5) is 1.04. The van der Waals surface area contributed by atoms with Gasteiger partial charge in [-0.3, -0.25) is 9.36 Å². The van der Waals surface area contributed by atoms with Gasteiger partial charge in [0, 0.05) is 25.9 Å². The van der Waals surface area contributed by atoms with E-state index in [0.29, 0.717) is 0 Å². The van der Waals surface area contributed by atoms with E-state index < -0.39 is 0 Å². The third kappa shape index (κ3) is 1.98. The fourth-order valence-corrected chi connectivity index (χ4v) is 2.59. The highest BCUT2D eigenvalue weighted by Gasteiger charge is 2.14. The van der Waals surface area contributed by atoms with Crippen LogP contribution in [-0.2, 0) is 20.7 Å². The van der Waals surface area contributed by atoms with E-state index in [1.807, 2.05) is 27.2 Å². The van der Waals surface area contributed by atoms with E-state index in [9.17, 15) is 5.11 Å². The lowest BCUT2D eigenvalue weighted by Gasteiger charge is -2.01. The molecule has 0 radical (unpaired) electrons. The van der Waals surface area contributed by atoms with E-state index in [1.54, 1.807) is 27.3 Å². The topological polar surface area (TPSA) is 55.9 Å². The molecule has 2 aromatic heterocycles. The maximum atomic E-state index is 9.31. The minimum Gasteiger partial charge on any atom is -0.392 e. The molecule has 0 fully saturated rings. The summed E-state index contributed by atoms with van der Waals surface area (Å²) in [5.74, 6) is 0. The third-order valence-electron chi connectivity index (χ3n) is 2.34. The Bertz CT molecular complexity index is 503. The van der Waals surface area contributed by atoms with Crippen molar-refractivity contribution in [2.24, 2.45) is 14.1 Å². The molecule has 0 atom stereocenters. The van der Waals surface area contributed by atoms with Crippen LogP contribution in [0.5, 0.6) is 0 Å². The van der Waals surface area contributed by atoms with Gasteiger partial charge in [0.15, 0.2) is 0 Å². The largest absolute Gasteiger partial charge is 0.392 e. The molecular formula is C10H14N4OS. The van der Waals surface area contributed by atoms with Gasteiger partial charge in [-0.1, -0.05) is 11.8 Å². The Morgan fingerprint density at radius 2 is 2.19 bits per heavy atom. The monoisotopic (exact) mass is 238 g/mol. The number of hydrogen-bond donors (Lipinski definition) is 1. The molecule has 16 heavy (non-hydrogen) atoms. The van der Waals surface area contributed by atoms with E-state index in [1.165, 1.54) is 0 Å². The minimum absolute atomic E-state index is 0.0161. The van der Waals surface area contributed by atoms with Gasteiger partial charge in [0.1, 0.15) is 5.03 Å². The number of aliphatic hydroxyl groups is 1. The second-order valence-electron chi connectivity index (χ2n) is 3.60. The molecule has 2 aromatic rings. The molecule has 0 aliphatic carbocycles. The van der Waals surface area contributed by atoms with Crippen molar-refractivity contribution in [1.82, 2.24) is 19.6 Å². The lowest BCUT2D eigenvalue weighted by Crippen LogP contribution is -1.93. The molecule has 0 saturated heterocycles. The van der Waals surface area contributed by atoms with Crippen LogP contribution < -0.4 is 0 Å². The fraction of sp³-hybridized carbons (Fsp3) is 0.400. The van der Waals surface area contributed by atoms with Gasteiger partial charge in [0.25, 0.3) is 0 Å². The average Bonchev–Trinajstić information content (AvgIpc) is 2.73. The number of aromatic nitrogens is 4. The van der Waals surface area contributed by atoms with Crippen molar-refractivity contribution in [3.8, 4) is 0 Å². The van der Waals surface area contributed by atoms with Crippen LogP contribution in [0.25, 0.3) is 0 Å². The Morgan fingerprint density at radius 3 is 2.75 bits per heavy atom. The molecule has 1 N–H and O–H groups in total. The number of rotatable bonds is 3. The minimum atomic E-state index is 0.0161. The van der Waals surface area contributed by atoms with Gasteiger partial charge in [-0.25, -0.2) is 0 Å². The molecule has 0 saturated carbocycles. The highest BCUT2D eigenvalue weighted by molar-refractivity contribution is 7.99. The zero-order chi connectivity index (χ0) is 11.7. The van der Waals surface area contributed by atoms with E-state index in [4.69, 9.17) is 0 Å². The van der Waals surface area contributed by atoms with Crippen LogP contribution in [0.4, 0.5) is 0 Å². The molecule has 0 amide bonds. The van der Waals surface area contributed by atoms with Crippen molar-refractivity contribution in [2.45, 2.75) is 23.5 Å². The van der Waals surface area contributed by atoms with Crippen molar-refractivity contribution < 1.29 is 5.11 Å². The predicted molar refractivity (Wildman–Crippen MR) is 61.2 cm³/mol. The van der Waals surface area contributed by atoms with E-state index >= 15 is 0 Å². The molecule has 5 nitrogen and oxygen atoms in total. The summed E-state index contributed by atoms with van der Waals surface area (Å²) in [5.41, 5.74) is 1.76. The Morgan fingerprint density at radius 1 is 1.44 bits per heavy atom. The first-order valence-electron chi connectivity index (χ1n) is 4.91. The Balaban J connectivity index is 2.33. The molecule has 0 aliphatic rings. The summed E-state index contributed by atoms with van der Waals surface area (Å²) in [6.07, 6.45) is 3.74. The standard InChI is InChI=1S/C10H14N4OS/c1-7-9(6-15)10(14(3)12-7)16-8-4-11-13(2)5-8/h4-5,15H,6H2,1-3H3. The van der Waals surface area contributed by atoms with Gasteiger partial charge in [-0.2, -0.15) is 10.2 Å². The highest BCUT2D eigenvalue weighted by Crippen LogP contribution is 2.31. The van der Waals surface area contributed by atoms with Crippen molar-refractivity contribution in [3.05, 3.63) is 23.7 Å². The smallest absolute Gasteiger partial charge is 0.104 e. The summed E-state index contributed by atoms with van der Waals surface area (Å²) >= 11 is 1.56. The van der Waals surface area contributed by atoms with Gasteiger partial charge in [-0.05, 0) is 6.92 Å². The zero-order valence-electron chi connectivity index (χ0n) is 9.51. The molecular weight excluding hydrogens is 224 g/mol. The maximum absolute atomic E-state index is 9.31. The quantitative estimate of drug-likeness (QED) is 0.870. The van der Waals surface area contributed by atoms with Gasteiger partial charge in [-0.15, -0.1) is 0 Å². The van der Waals surface area contributed by atoms with Crippen LogP contribution in [0.3, 0.4) is 0 Å². The molecule has 0 spiro atoms. The molecule has 0 aliphatic heterocycles. The third-order valence-corrected chi connectivity index (χ3v) is 3.49. The van der Waals surface area contributed by atoms with Crippen LogP contribution in [0.1, 0.15) is 11.3 Å². The Hall–Kier alpha value is -1.27. The number of aryl methyl sites for hydroxylation is 3. The van der Waals surface area contributed by atoms with Crippen LogP contribution in [0.2, 0.25) is 0 Å². The van der Waals surface area contributed by atoms with E-state index in [2.05, 4.69) is 10.2 Å². The summed E-state index contributed by atoms with van der Waals surface area (Å²) in [7, 11) is 3.76.